The van der Waals surface area contributed by atoms with Crippen molar-refractivity contribution in [3.63, 3.8) is 0 Å². The molecule has 0 spiro atoms. The summed E-state index contributed by atoms with van der Waals surface area (Å²) >= 11 is 0. The summed E-state index contributed by atoms with van der Waals surface area (Å²) in [5.74, 6) is 0.938. The molecule has 2 rings (SSSR count). The van der Waals surface area contributed by atoms with E-state index in [1.54, 1.807) is 6.92 Å². The number of hydrogen-bond donors (Lipinski definition) is 2. The second kappa shape index (κ2) is 5.50. The lowest BCUT2D eigenvalue weighted by Crippen LogP contribution is -2.17. The summed E-state index contributed by atoms with van der Waals surface area (Å²) in [4.78, 5) is 0. The molecule has 2 aromatic rings. The molecule has 3 N–H and O–H groups in total. The monoisotopic (exact) mass is 244 g/mol. The summed E-state index contributed by atoms with van der Waals surface area (Å²) in [5.41, 5.74) is 7.85. The Hall–Kier alpha value is -2.08. The maximum atomic E-state index is 5.75. The van der Waals surface area contributed by atoms with Gasteiger partial charge in [0.05, 0.1) is 0 Å². The summed E-state index contributed by atoms with van der Waals surface area (Å²) in [6.45, 7) is 3.73. The molecule has 0 saturated heterocycles. The van der Waals surface area contributed by atoms with E-state index >= 15 is 0 Å². The van der Waals surface area contributed by atoms with E-state index in [-0.39, 0.29) is 6.04 Å². The molecule has 1 aromatic carbocycles. The van der Waals surface area contributed by atoms with Crippen LogP contribution < -0.4 is 11.1 Å². The lowest BCUT2D eigenvalue weighted by molar-refractivity contribution is 0.738. The first-order valence-electron chi connectivity index (χ1n) is 5.79. The van der Waals surface area contributed by atoms with Crippen LogP contribution in [0.25, 0.3) is 0 Å². The van der Waals surface area contributed by atoms with Crippen molar-refractivity contribution < 1.29 is 0 Å². The largest absolute Gasteiger partial charge is 0.328 e. The first-order valence-corrected chi connectivity index (χ1v) is 5.79. The molecule has 0 amide bonds. The van der Waals surface area contributed by atoms with Crippen molar-refractivity contribution >= 4 is 11.6 Å². The number of nitrogens with one attached hydrogen (secondary N) is 1. The number of rotatable bonds is 4. The van der Waals surface area contributed by atoms with Crippen LogP contribution in [0.3, 0.4) is 0 Å². The summed E-state index contributed by atoms with van der Waals surface area (Å²) in [5, 5.41) is 18.5. The molecule has 0 fully saturated rings. The Balaban J connectivity index is 2.04. The third kappa shape index (κ3) is 3.46. The predicted molar refractivity (Wildman–Crippen MR) is 69.4 cm³/mol. The molecule has 6 heteroatoms. The number of aryl methyl sites for hydroxylation is 1. The molecule has 94 valence electrons. The lowest BCUT2D eigenvalue weighted by Gasteiger charge is -2.07. The van der Waals surface area contributed by atoms with Gasteiger partial charge in [-0.05, 0) is 38.0 Å². The van der Waals surface area contributed by atoms with Gasteiger partial charge in [0, 0.05) is 11.7 Å². The fraction of sp³-hybridized carbons (Fsp3) is 0.333. The Morgan fingerprint density at radius 1 is 1.11 bits per heavy atom. The van der Waals surface area contributed by atoms with Gasteiger partial charge in [0.15, 0.2) is 5.82 Å². The summed E-state index contributed by atoms with van der Waals surface area (Å²) in [6.07, 6.45) is 0.865. The van der Waals surface area contributed by atoms with E-state index in [0.29, 0.717) is 11.8 Å². The summed E-state index contributed by atoms with van der Waals surface area (Å²) in [6, 6.07) is 8.14. The Bertz CT molecular complexity index is 491. The van der Waals surface area contributed by atoms with Gasteiger partial charge < -0.3 is 11.1 Å². The number of anilines is 2. The normalized spacial score (nSPS) is 12.2. The van der Waals surface area contributed by atoms with Gasteiger partial charge in [-0.2, -0.15) is 0 Å². The van der Waals surface area contributed by atoms with E-state index in [2.05, 4.69) is 25.7 Å². The summed E-state index contributed by atoms with van der Waals surface area (Å²) in [7, 11) is 0. The molecule has 0 saturated carbocycles. The average molecular weight is 244 g/mol. The summed E-state index contributed by atoms with van der Waals surface area (Å²) < 4.78 is 0. The minimum Gasteiger partial charge on any atom is -0.328 e. The highest BCUT2D eigenvalue weighted by atomic mass is 15.3. The van der Waals surface area contributed by atoms with Gasteiger partial charge in [-0.3, -0.25) is 0 Å². The molecule has 0 aliphatic heterocycles. The van der Waals surface area contributed by atoms with Crippen LogP contribution in [-0.2, 0) is 6.42 Å². The maximum Gasteiger partial charge on any atom is 0.266 e. The highest BCUT2D eigenvalue weighted by Gasteiger charge is 2.01. The highest BCUT2D eigenvalue weighted by Crippen LogP contribution is 2.13. The van der Waals surface area contributed by atoms with Crippen molar-refractivity contribution in [3.8, 4) is 0 Å². The molecular weight excluding hydrogens is 228 g/mol. The van der Waals surface area contributed by atoms with Gasteiger partial charge in [0.2, 0.25) is 0 Å². The van der Waals surface area contributed by atoms with E-state index < -0.39 is 0 Å². The van der Waals surface area contributed by atoms with Crippen molar-refractivity contribution in [1.82, 2.24) is 20.4 Å². The van der Waals surface area contributed by atoms with Gasteiger partial charge in [-0.25, -0.2) is 0 Å². The van der Waals surface area contributed by atoms with E-state index in [4.69, 9.17) is 5.73 Å². The second-order valence-corrected chi connectivity index (χ2v) is 4.27. The predicted octanol–water partition coefficient (Wildman–Crippen LogP) is 1.21. The van der Waals surface area contributed by atoms with E-state index in [9.17, 15) is 0 Å². The molecule has 1 aromatic heterocycles. The Morgan fingerprint density at radius 3 is 2.28 bits per heavy atom. The van der Waals surface area contributed by atoms with Crippen molar-refractivity contribution in [2.45, 2.75) is 26.3 Å². The average Bonchev–Trinajstić information content (AvgIpc) is 2.34. The first kappa shape index (κ1) is 12.4. The number of hydrogen-bond acceptors (Lipinski definition) is 6. The van der Waals surface area contributed by atoms with Crippen molar-refractivity contribution in [3.05, 3.63) is 35.7 Å². The Labute approximate surface area is 106 Å². The van der Waals surface area contributed by atoms with Crippen LogP contribution in [0.1, 0.15) is 18.3 Å². The smallest absolute Gasteiger partial charge is 0.266 e. The third-order valence-corrected chi connectivity index (χ3v) is 2.35. The fourth-order valence-corrected chi connectivity index (χ4v) is 1.55. The molecular formula is C12H16N6. The molecule has 0 aliphatic carbocycles. The number of nitrogens with two attached hydrogens (primary N) is 1. The Morgan fingerprint density at radius 2 is 1.72 bits per heavy atom. The van der Waals surface area contributed by atoms with Gasteiger partial charge in [0.25, 0.3) is 5.95 Å². The lowest BCUT2D eigenvalue weighted by atomic mass is 10.1. The van der Waals surface area contributed by atoms with Crippen LogP contribution in [0.5, 0.6) is 0 Å². The first-order chi connectivity index (χ1) is 8.63. The minimum atomic E-state index is 0.164. The molecule has 6 nitrogen and oxygen atoms in total. The van der Waals surface area contributed by atoms with Crippen LogP contribution in [0.4, 0.5) is 11.6 Å². The van der Waals surface area contributed by atoms with Crippen molar-refractivity contribution in [2.75, 3.05) is 5.32 Å². The number of aromatic nitrogens is 4. The zero-order valence-electron chi connectivity index (χ0n) is 10.5. The van der Waals surface area contributed by atoms with E-state index in [0.717, 1.165) is 12.1 Å². The van der Waals surface area contributed by atoms with Gasteiger partial charge >= 0.3 is 0 Å². The topological polar surface area (TPSA) is 89.6 Å². The number of benzene rings is 1. The number of nitrogens with zero attached hydrogens (tertiary/aromatic N) is 4. The minimum absolute atomic E-state index is 0.164. The van der Waals surface area contributed by atoms with Crippen LogP contribution in [0.15, 0.2) is 24.3 Å². The van der Waals surface area contributed by atoms with Crippen LogP contribution in [-0.4, -0.2) is 26.4 Å². The molecule has 0 radical (unpaired) electrons. The molecule has 18 heavy (non-hydrogen) atoms. The van der Waals surface area contributed by atoms with Crippen molar-refractivity contribution in [2.24, 2.45) is 5.73 Å². The molecule has 0 bridgehead atoms. The standard InChI is InChI=1S/C12H16N6/c1-8(13)7-10-3-5-11(6-4-10)14-12-17-15-9(2)16-18-12/h3-6,8H,7,13H2,1-2H3,(H,14,17,18). The molecule has 1 unspecified atom stereocenters. The molecule has 0 aliphatic rings. The quantitative estimate of drug-likeness (QED) is 0.840. The van der Waals surface area contributed by atoms with E-state index in [1.807, 2.05) is 31.2 Å². The van der Waals surface area contributed by atoms with Gasteiger partial charge in [-0.1, -0.05) is 12.1 Å². The Kier molecular flexibility index (Phi) is 3.78. The molecule has 1 atom stereocenters. The fourth-order valence-electron chi connectivity index (χ4n) is 1.55. The maximum absolute atomic E-state index is 5.75. The third-order valence-electron chi connectivity index (χ3n) is 2.35. The van der Waals surface area contributed by atoms with Crippen LogP contribution >= 0.6 is 0 Å². The molecule has 1 heterocycles. The van der Waals surface area contributed by atoms with E-state index in [1.165, 1.54) is 5.56 Å². The van der Waals surface area contributed by atoms with Gasteiger partial charge in [-0.15, -0.1) is 20.4 Å². The van der Waals surface area contributed by atoms with Gasteiger partial charge in [0.1, 0.15) is 0 Å². The van der Waals surface area contributed by atoms with Crippen LogP contribution in [0, 0.1) is 6.92 Å². The highest BCUT2D eigenvalue weighted by molar-refractivity contribution is 5.52. The zero-order chi connectivity index (χ0) is 13.0. The SMILES string of the molecule is Cc1nnc(Nc2ccc(CC(C)N)cc2)nn1. The van der Waals surface area contributed by atoms with Crippen LogP contribution in [0.2, 0.25) is 0 Å². The zero-order valence-corrected chi connectivity index (χ0v) is 10.5. The second-order valence-electron chi connectivity index (χ2n) is 4.27. The van der Waals surface area contributed by atoms with Crippen molar-refractivity contribution in [1.29, 1.82) is 0 Å².